The quantitative estimate of drug-likeness (QED) is 0.660. The lowest BCUT2D eigenvalue weighted by Gasteiger charge is -2.20. The largest absolute Gasteiger partial charge is 0.262 e. The fourth-order valence-electron chi connectivity index (χ4n) is 2.20. The normalized spacial score (nSPS) is 24.9. The first kappa shape index (κ1) is 15.2. The molecule has 1 aliphatic carbocycles. The van der Waals surface area contributed by atoms with Crippen LogP contribution in [0.1, 0.15) is 32.1 Å². The van der Waals surface area contributed by atoms with Crippen molar-refractivity contribution >= 4 is 37.6 Å². The van der Waals surface area contributed by atoms with E-state index >= 15 is 0 Å². The van der Waals surface area contributed by atoms with Crippen LogP contribution < -0.4 is 4.72 Å². The van der Waals surface area contributed by atoms with Crippen molar-refractivity contribution in [2.45, 2.75) is 48.4 Å². The lowest BCUT2D eigenvalue weighted by atomic mass is 10.1. The molecule has 1 heterocycles. The number of halogens is 2. The molecule has 2 atom stereocenters. The molecule has 0 aliphatic heterocycles. The standard InChI is InChI=1S/C12H16BrClN2O2S/c13-9-6-10(8-15-7-9)19(17,18)16-12-5-3-1-2-4-11(12)14/h6-8,11-12,16H,1-5H2. The zero-order valence-corrected chi connectivity index (χ0v) is 13.5. The molecule has 1 aromatic heterocycles. The molecular formula is C12H16BrClN2O2S. The van der Waals surface area contributed by atoms with Crippen LogP contribution in [0.4, 0.5) is 0 Å². The summed E-state index contributed by atoms with van der Waals surface area (Å²) >= 11 is 9.48. The summed E-state index contributed by atoms with van der Waals surface area (Å²) in [5.41, 5.74) is 0. The molecule has 2 unspecified atom stereocenters. The Bertz CT molecular complexity index is 538. The molecule has 0 saturated heterocycles. The lowest BCUT2D eigenvalue weighted by Crippen LogP contribution is -2.40. The number of nitrogens with zero attached hydrogens (tertiary/aromatic N) is 1. The first-order valence-electron chi connectivity index (χ1n) is 6.26. The molecule has 0 amide bonds. The summed E-state index contributed by atoms with van der Waals surface area (Å²) in [5.74, 6) is 0. The smallest absolute Gasteiger partial charge is 0.242 e. The second kappa shape index (κ2) is 6.52. The lowest BCUT2D eigenvalue weighted by molar-refractivity contribution is 0.514. The summed E-state index contributed by atoms with van der Waals surface area (Å²) in [6.45, 7) is 0. The number of hydrogen-bond donors (Lipinski definition) is 1. The van der Waals surface area contributed by atoms with Gasteiger partial charge < -0.3 is 0 Å². The summed E-state index contributed by atoms with van der Waals surface area (Å²) in [7, 11) is -3.56. The van der Waals surface area contributed by atoms with Gasteiger partial charge in [-0.1, -0.05) is 19.3 Å². The van der Waals surface area contributed by atoms with Gasteiger partial charge in [-0.15, -0.1) is 11.6 Å². The van der Waals surface area contributed by atoms with Gasteiger partial charge in [-0.25, -0.2) is 13.1 Å². The van der Waals surface area contributed by atoms with Crippen molar-refractivity contribution < 1.29 is 8.42 Å². The fourth-order valence-corrected chi connectivity index (χ4v) is 4.43. The van der Waals surface area contributed by atoms with Gasteiger partial charge in [-0.3, -0.25) is 4.98 Å². The highest BCUT2D eigenvalue weighted by Crippen LogP contribution is 2.24. The van der Waals surface area contributed by atoms with Gasteiger partial charge >= 0.3 is 0 Å². The molecule has 2 rings (SSSR count). The molecule has 0 bridgehead atoms. The Kier molecular flexibility index (Phi) is 5.22. The molecule has 0 radical (unpaired) electrons. The van der Waals surface area contributed by atoms with E-state index in [2.05, 4.69) is 25.6 Å². The zero-order valence-electron chi connectivity index (χ0n) is 10.4. The Hall–Kier alpha value is -0.170. The van der Waals surface area contributed by atoms with Gasteiger partial charge in [0.1, 0.15) is 4.90 Å². The van der Waals surface area contributed by atoms with Crippen LogP contribution in [0.3, 0.4) is 0 Å². The molecule has 1 saturated carbocycles. The molecule has 1 N–H and O–H groups in total. The summed E-state index contributed by atoms with van der Waals surface area (Å²) < 4.78 is 27.9. The van der Waals surface area contributed by atoms with Gasteiger partial charge in [-0.05, 0) is 34.8 Å². The number of alkyl halides is 1. The van der Waals surface area contributed by atoms with E-state index in [0.717, 1.165) is 32.1 Å². The first-order chi connectivity index (χ1) is 8.99. The topological polar surface area (TPSA) is 59.1 Å². The number of aromatic nitrogens is 1. The average Bonchev–Trinajstić information content (AvgIpc) is 2.55. The average molecular weight is 368 g/mol. The Morgan fingerprint density at radius 2 is 2.00 bits per heavy atom. The number of sulfonamides is 1. The second-order valence-corrected chi connectivity index (χ2v) is 7.91. The predicted octanol–water partition coefficient (Wildman–Crippen LogP) is 3.06. The van der Waals surface area contributed by atoms with Gasteiger partial charge in [0.25, 0.3) is 0 Å². The van der Waals surface area contributed by atoms with Crippen LogP contribution in [0, 0.1) is 0 Å². The fraction of sp³-hybridized carbons (Fsp3) is 0.583. The SMILES string of the molecule is O=S(=O)(NC1CCCCCC1Cl)c1cncc(Br)c1. The molecule has 4 nitrogen and oxygen atoms in total. The molecule has 1 aromatic rings. The van der Waals surface area contributed by atoms with Crippen LogP contribution in [-0.4, -0.2) is 24.8 Å². The van der Waals surface area contributed by atoms with Crippen LogP contribution in [-0.2, 0) is 10.0 Å². The summed E-state index contributed by atoms with van der Waals surface area (Å²) in [6, 6.07) is 1.34. The minimum Gasteiger partial charge on any atom is -0.262 e. The van der Waals surface area contributed by atoms with Crippen LogP contribution in [0.2, 0.25) is 0 Å². The Morgan fingerprint density at radius 1 is 1.26 bits per heavy atom. The maximum atomic E-state index is 12.3. The third-order valence-electron chi connectivity index (χ3n) is 3.23. The van der Waals surface area contributed by atoms with E-state index in [-0.39, 0.29) is 16.3 Å². The molecule has 19 heavy (non-hydrogen) atoms. The number of rotatable bonds is 3. The van der Waals surface area contributed by atoms with Gasteiger partial charge in [0, 0.05) is 28.3 Å². The summed E-state index contributed by atoms with van der Waals surface area (Å²) in [4.78, 5) is 4.04. The highest BCUT2D eigenvalue weighted by Gasteiger charge is 2.27. The van der Waals surface area contributed by atoms with E-state index in [1.165, 1.54) is 12.3 Å². The summed E-state index contributed by atoms with van der Waals surface area (Å²) in [6.07, 6.45) is 7.71. The summed E-state index contributed by atoms with van der Waals surface area (Å²) in [5, 5.41) is -0.141. The van der Waals surface area contributed by atoms with Gasteiger partial charge in [-0.2, -0.15) is 0 Å². The van der Waals surface area contributed by atoms with Gasteiger partial charge in [0.05, 0.1) is 0 Å². The molecule has 0 spiro atoms. The van der Waals surface area contributed by atoms with E-state index in [4.69, 9.17) is 11.6 Å². The zero-order chi connectivity index (χ0) is 13.9. The maximum Gasteiger partial charge on any atom is 0.242 e. The van der Waals surface area contributed by atoms with E-state index in [9.17, 15) is 8.42 Å². The van der Waals surface area contributed by atoms with Crippen molar-refractivity contribution in [2.24, 2.45) is 0 Å². The maximum absolute atomic E-state index is 12.3. The van der Waals surface area contributed by atoms with Crippen LogP contribution in [0.15, 0.2) is 27.8 Å². The van der Waals surface area contributed by atoms with Crippen molar-refractivity contribution in [1.82, 2.24) is 9.71 Å². The van der Waals surface area contributed by atoms with Gasteiger partial charge in [0.15, 0.2) is 0 Å². The molecule has 0 aromatic carbocycles. The van der Waals surface area contributed by atoms with E-state index in [0.29, 0.717) is 4.47 Å². The highest BCUT2D eigenvalue weighted by atomic mass is 79.9. The van der Waals surface area contributed by atoms with Crippen molar-refractivity contribution in [3.63, 3.8) is 0 Å². The second-order valence-electron chi connectivity index (χ2n) is 4.72. The monoisotopic (exact) mass is 366 g/mol. The Labute approximate surface area is 127 Å². The van der Waals surface area contributed by atoms with Crippen molar-refractivity contribution in [3.05, 3.63) is 22.9 Å². The minimum atomic E-state index is -3.56. The molecular weight excluding hydrogens is 352 g/mol. The van der Waals surface area contributed by atoms with E-state index < -0.39 is 10.0 Å². The van der Waals surface area contributed by atoms with Crippen molar-refractivity contribution in [3.8, 4) is 0 Å². The first-order valence-corrected chi connectivity index (χ1v) is 8.97. The molecule has 1 fully saturated rings. The van der Waals surface area contributed by atoms with Gasteiger partial charge in [0.2, 0.25) is 10.0 Å². The number of nitrogens with one attached hydrogen (secondary N) is 1. The van der Waals surface area contributed by atoms with Crippen LogP contribution >= 0.6 is 27.5 Å². The van der Waals surface area contributed by atoms with Crippen LogP contribution in [0.5, 0.6) is 0 Å². The molecule has 106 valence electrons. The van der Waals surface area contributed by atoms with E-state index in [1.54, 1.807) is 6.20 Å². The highest BCUT2D eigenvalue weighted by molar-refractivity contribution is 9.10. The van der Waals surface area contributed by atoms with Crippen molar-refractivity contribution in [1.29, 1.82) is 0 Å². The third kappa shape index (κ3) is 4.15. The number of pyridine rings is 1. The molecule has 1 aliphatic rings. The Balaban J connectivity index is 2.16. The molecule has 7 heteroatoms. The Morgan fingerprint density at radius 3 is 2.74 bits per heavy atom. The van der Waals surface area contributed by atoms with E-state index in [1.807, 2.05) is 0 Å². The number of hydrogen-bond acceptors (Lipinski definition) is 3. The van der Waals surface area contributed by atoms with Crippen LogP contribution in [0.25, 0.3) is 0 Å². The van der Waals surface area contributed by atoms with Crippen molar-refractivity contribution in [2.75, 3.05) is 0 Å². The predicted molar refractivity (Wildman–Crippen MR) is 78.8 cm³/mol. The third-order valence-corrected chi connectivity index (χ3v) is 5.64. The minimum absolute atomic E-state index is 0.141.